The van der Waals surface area contributed by atoms with Crippen LogP contribution in [0.4, 0.5) is 5.69 Å². The van der Waals surface area contributed by atoms with E-state index in [-0.39, 0.29) is 16.9 Å². The first-order valence-electron chi connectivity index (χ1n) is 9.15. The van der Waals surface area contributed by atoms with Crippen molar-refractivity contribution in [2.75, 3.05) is 4.90 Å². The van der Waals surface area contributed by atoms with Crippen LogP contribution in [-0.2, 0) is 9.59 Å². The smallest absolute Gasteiger partial charge is 0.248 e. The van der Waals surface area contributed by atoms with Crippen LogP contribution < -0.4 is 4.90 Å². The van der Waals surface area contributed by atoms with E-state index in [0.717, 1.165) is 22.5 Å². The molecule has 2 aliphatic rings. The fourth-order valence-electron chi connectivity index (χ4n) is 4.25. The summed E-state index contributed by atoms with van der Waals surface area (Å²) in [6.45, 7) is 0. The molecule has 2 fully saturated rings. The minimum atomic E-state index is -0.819. The van der Waals surface area contributed by atoms with Crippen LogP contribution in [-0.4, -0.2) is 22.1 Å². The third kappa shape index (κ3) is 2.60. The van der Waals surface area contributed by atoms with E-state index in [1.54, 1.807) is 18.2 Å². The van der Waals surface area contributed by atoms with Gasteiger partial charge in [-0.05, 0) is 35.0 Å². The van der Waals surface area contributed by atoms with Crippen LogP contribution in [0.25, 0.3) is 10.8 Å². The number of carbonyl (C=O) groups is 2. The third-order valence-electron chi connectivity index (χ3n) is 5.58. The highest BCUT2D eigenvalue weighted by Crippen LogP contribution is 2.50. The van der Waals surface area contributed by atoms with Gasteiger partial charge in [0.2, 0.25) is 11.8 Å². The molecule has 0 bridgehead atoms. The molecule has 3 aromatic rings. The fourth-order valence-corrected chi connectivity index (χ4v) is 5.50. The zero-order valence-electron chi connectivity index (χ0n) is 15.1. The normalized spacial score (nSPS) is 26.6. The van der Waals surface area contributed by atoms with E-state index >= 15 is 0 Å². The minimum Gasteiger partial charge on any atom is -0.469 e. The first-order chi connectivity index (χ1) is 14.1. The molecule has 4 atom stereocenters. The number of furan rings is 1. The highest BCUT2D eigenvalue weighted by Gasteiger charge is 2.59. The Morgan fingerprint density at radius 2 is 1.79 bits per heavy atom. The summed E-state index contributed by atoms with van der Waals surface area (Å²) < 4.78 is 5.50. The lowest BCUT2D eigenvalue weighted by atomic mass is 9.79. The van der Waals surface area contributed by atoms with E-state index in [2.05, 4.69) is 6.07 Å². The highest BCUT2D eigenvalue weighted by molar-refractivity contribution is 8.15. The molecule has 5 rings (SSSR count). The Hall–Kier alpha value is -3.37. The molecule has 29 heavy (non-hydrogen) atoms. The molecule has 2 aliphatic heterocycles. The lowest BCUT2D eigenvalue weighted by Gasteiger charge is -2.32. The zero-order chi connectivity index (χ0) is 20.1. The van der Waals surface area contributed by atoms with Gasteiger partial charge in [-0.25, -0.2) is 4.90 Å². The van der Waals surface area contributed by atoms with E-state index < -0.39 is 23.0 Å². The van der Waals surface area contributed by atoms with Crippen LogP contribution in [0.2, 0.25) is 0 Å². The average molecular weight is 401 g/mol. The van der Waals surface area contributed by atoms with Crippen LogP contribution in [0.1, 0.15) is 11.7 Å². The van der Waals surface area contributed by atoms with Crippen LogP contribution >= 0.6 is 11.8 Å². The third-order valence-corrected chi connectivity index (χ3v) is 6.84. The van der Waals surface area contributed by atoms with Gasteiger partial charge in [-0.2, -0.15) is 5.26 Å². The molecule has 1 aromatic heterocycles. The number of amides is 2. The van der Waals surface area contributed by atoms with Crippen molar-refractivity contribution in [2.24, 2.45) is 11.8 Å². The number of benzene rings is 2. The molecule has 2 saturated heterocycles. The number of hydrogen-bond acceptors (Lipinski definition) is 6. The Bertz CT molecular complexity index is 1200. The SMILES string of the molecule is N#C[C@H]1C(=N)S[C@@H]2C(=O)N(c3ccc4ccccc4c3)C(=O)[C@@H]2[C@@H]1c1ccco1. The average Bonchev–Trinajstić information content (AvgIpc) is 3.34. The predicted molar refractivity (Wildman–Crippen MR) is 110 cm³/mol. The number of carbonyl (C=O) groups excluding carboxylic acids is 2. The Morgan fingerprint density at radius 3 is 2.52 bits per heavy atom. The molecule has 3 heterocycles. The maximum absolute atomic E-state index is 13.4. The molecule has 2 aromatic carbocycles. The van der Waals surface area contributed by atoms with Crippen LogP contribution in [0.3, 0.4) is 0 Å². The summed E-state index contributed by atoms with van der Waals surface area (Å²) >= 11 is 1.01. The monoisotopic (exact) mass is 401 g/mol. The molecule has 0 unspecified atom stereocenters. The second-order valence-electron chi connectivity index (χ2n) is 7.12. The Labute approximate surface area is 170 Å². The van der Waals surface area contributed by atoms with E-state index in [9.17, 15) is 14.9 Å². The van der Waals surface area contributed by atoms with E-state index in [4.69, 9.17) is 9.83 Å². The van der Waals surface area contributed by atoms with Gasteiger partial charge in [0.25, 0.3) is 0 Å². The van der Waals surface area contributed by atoms with Gasteiger partial charge in [0, 0.05) is 0 Å². The maximum Gasteiger partial charge on any atom is 0.248 e. The molecule has 2 amide bonds. The lowest BCUT2D eigenvalue weighted by molar-refractivity contribution is -0.122. The molecular weight excluding hydrogens is 386 g/mol. The van der Waals surface area contributed by atoms with Crippen LogP contribution in [0.5, 0.6) is 0 Å². The zero-order valence-corrected chi connectivity index (χ0v) is 15.9. The Kier molecular flexibility index (Phi) is 4.03. The quantitative estimate of drug-likeness (QED) is 0.656. The topological polar surface area (TPSA) is 98.2 Å². The highest BCUT2D eigenvalue weighted by atomic mass is 32.2. The molecule has 0 aliphatic carbocycles. The summed E-state index contributed by atoms with van der Waals surface area (Å²) in [6.07, 6.45) is 1.48. The number of hydrogen-bond donors (Lipinski definition) is 1. The summed E-state index contributed by atoms with van der Waals surface area (Å²) in [6, 6.07) is 18.7. The Morgan fingerprint density at radius 1 is 1.00 bits per heavy atom. The van der Waals surface area contributed by atoms with Gasteiger partial charge in [0.15, 0.2) is 0 Å². The fraction of sp³-hybridized carbons (Fsp3) is 0.182. The summed E-state index contributed by atoms with van der Waals surface area (Å²) in [5.41, 5.74) is 0.506. The van der Waals surface area contributed by atoms with Crippen molar-refractivity contribution in [3.63, 3.8) is 0 Å². The maximum atomic E-state index is 13.4. The van der Waals surface area contributed by atoms with Gasteiger partial charge < -0.3 is 4.42 Å². The molecule has 0 radical (unpaired) electrons. The van der Waals surface area contributed by atoms with Crippen molar-refractivity contribution in [3.05, 3.63) is 66.6 Å². The van der Waals surface area contributed by atoms with E-state index in [1.165, 1.54) is 11.2 Å². The summed E-state index contributed by atoms with van der Waals surface area (Å²) in [7, 11) is 0. The Balaban J connectivity index is 1.61. The van der Waals surface area contributed by atoms with E-state index in [0.29, 0.717) is 11.4 Å². The van der Waals surface area contributed by atoms with Crippen molar-refractivity contribution in [3.8, 4) is 6.07 Å². The van der Waals surface area contributed by atoms with Crippen molar-refractivity contribution < 1.29 is 14.0 Å². The minimum absolute atomic E-state index is 0.0941. The lowest BCUT2D eigenvalue weighted by Crippen LogP contribution is -2.39. The number of fused-ring (bicyclic) bond motifs is 2. The van der Waals surface area contributed by atoms with Crippen molar-refractivity contribution >= 4 is 45.1 Å². The largest absolute Gasteiger partial charge is 0.469 e. The second kappa shape index (κ2) is 6.61. The van der Waals surface area contributed by atoms with Gasteiger partial charge in [-0.15, -0.1) is 0 Å². The molecule has 0 spiro atoms. The number of anilines is 1. The second-order valence-corrected chi connectivity index (χ2v) is 8.30. The molecule has 1 N–H and O–H groups in total. The number of nitrogens with zero attached hydrogens (tertiary/aromatic N) is 2. The van der Waals surface area contributed by atoms with Gasteiger partial charge in [-0.1, -0.05) is 42.1 Å². The van der Waals surface area contributed by atoms with Gasteiger partial charge in [-0.3, -0.25) is 15.0 Å². The van der Waals surface area contributed by atoms with Crippen LogP contribution in [0, 0.1) is 28.6 Å². The van der Waals surface area contributed by atoms with Gasteiger partial charge in [0.05, 0.1) is 34.9 Å². The van der Waals surface area contributed by atoms with Crippen molar-refractivity contribution in [2.45, 2.75) is 11.2 Å². The number of nitrogens with one attached hydrogen (secondary N) is 1. The summed E-state index contributed by atoms with van der Waals surface area (Å²) in [5, 5.41) is 19.2. The van der Waals surface area contributed by atoms with Crippen molar-refractivity contribution in [1.82, 2.24) is 0 Å². The summed E-state index contributed by atoms with van der Waals surface area (Å²) in [5.74, 6) is -2.46. The molecule has 6 nitrogen and oxygen atoms in total. The first-order valence-corrected chi connectivity index (χ1v) is 10.0. The van der Waals surface area contributed by atoms with Crippen molar-refractivity contribution in [1.29, 1.82) is 10.7 Å². The number of imide groups is 1. The molecular formula is C22H15N3O3S. The molecule has 7 heteroatoms. The molecule has 0 saturated carbocycles. The standard InChI is InChI=1S/C22H15N3O3S/c23-11-15-17(16-6-3-9-28-16)18-19(29-20(15)24)22(27)25(21(18)26)14-8-7-12-4-1-2-5-13(12)10-14/h1-10,15,17-19,24H/t15-,17+,18-,19+/m1/s1. The van der Waals surface area contributed by atoms with Crippen LogP contribution in [0.15, 0.2) is 65.3 Å². The molecule has 142 valence electrons. The van der Waals surface area contributed by atoms with Gasteiger partial charge in [0.1, 0.15) is 16.9 Å². The van der Waals surface area contributed by atoms with Gasteiger partial charge >= 0.3 is 0 Å². The number of nitriles is 1. The number of thioether (sulfide) groups is 1. The summed E-state index contributed by atoms with van der Waals surface area (Å²) in [4.78, 5) is 27.9. The van der Waals surface area contributed by atoms with E-state index in [1.807, 2.05) is 36.4 Å². The predicted octanol–water partition coefficient (Wildman–Crippen LogP) is 3.94. The number of rotatable bonds is 2. The first kappa shape index (κ1) is 17.7.